The summed E-state index contributed by atoms with van der Waals surface area (Å²) in [7, 11) is 3.77. The highest BCUT2D eigenvalue weighted by molar-refractivity contribution is 7.17. The predicted octanol–water partition coefficient (Wildman–Crippen LogP) is 2.36. The summed E-state index contributed by atoms with van der Waals surface area (Å²) in [4.78, 5) is 19.2. The van der Waals surface area contributed by atoms with Crippen LogP contribution in [-0.2, 0) is 5.60 Å². The molecule has 0 spiro atoms. The van der Waals surface area contributed by atoms with Gasteiger partial charge in [-0.2, -0.15) is 0 Å². The third-order valence-corrected chi connectivity index (χ3v) is 4.91. The standard InChI is InChI=1S/C16H23N3O3S/c1-9-7-12(11(3)22-9)16(4,21)8-17-14(20)13-10(2)18-15(23-13)19(5)6/h7,21H,8H2,1-6H3,(H,17,20). The normalized spacial score (nSPS) is 13.7. The fraction of sp³-hybridized carbons (Fsp3) is 0.500. The number of aromatic nitrogens is 1. The maximum Gasteiger partial charge on any atom is 0.263 e. The van der Waals surface area contributed by atoms with Crippen molar-refractivity contribution in [3.8, 4) is 0 Å². The van der Waals surface area contributed by atoms with E-state index in [9.17, 15) is 9.90 Å². The lowest BCUT2D eigenvalue weighted by Gasteiger charge is -2.23. The van der Waals surface area contributed by atoms with Crippen molar-refractivity contribution in [3.63, 3.8) is 0 Å². The molecule has 23 heavy (non-hydrogen) atoms. The van der Waals surface area contributed by atoms with Crippen LogP contribution in [-0.4, -0.2) is 36.6 Å². The Bertz CT molecular complexity index is 716. The molecule has 2 heterocycles. The number of carbonyl (C=O) groups is 1. The van der Waals surface area contributed by atoms with Gasteiger partial charge in [-0.05, 0) is 33.8 Å². The molecular weight excluding hydrogens is 314 g/mol. The van der Waals surface area contributed by atoms with Crippen LogP contribution in [0.15, 0.2) is 10.5 Å². The van der Waals surface area contributed by atoms with Crippen LogP contribution < -0.4 is 10.2 Å². The van der Waals surface area contributed by atoms with Gasteiger partial charge in [0.1, 0.15) is 22.0 Å². The summed E-state index contributed by atoms with van der Waals surface area (Å²) < 4.78 is 5.45. The molecule has 1 atom stereocenters. The maximum atomic E-state index is 12.4. The van der Waals surface area contributed by atoms with Gasteiger partial charge in [-0.25, -0.2) is 4.98 Å². The van der Waals surface area contributed by atoms with E-state index in [1.54, 1.807) is 26.8 Å². The number of anilines is 1. The Labute approximate surface area is 140 Å². The highest BCUT2D eigenvalue weighted by atomic mass is 32.1. The minimum absolute atomic E-state index is 0.0975. The summed E-state index contributed by atoms with van der Waals surface area (Å²) in [5.41, 5.74) is 0.178. The zero-order valence-corrected chi connectivity index (χ0v) is 15.2. The van der Waals surface area contributed by atoms with Crippen molar-refractivity contribution in [2.75, 3.05) is 25.5 Å². The number of aryl methyl sites for hydroxylation is 3. The molecule has 0 fully saturated rings. The fourth-order valence-electron chi connectivity index (χ4n) is 2.38. The minimum atomic E-state index is -1.19. The summed E-state index contributed by atoms with van der Waals surface area (Å²) in [5.74, 6) is 1.16. The number of aliphatic hydroxyl groups is 1. The second-order valence-corrected chi connectivity index (χ2v) is 7.07. The van der Waals surface area contributed by atoms with E-state index in [0.717, 1.165) is 10.9 Å². The molecule has 0 aliphatic heterocycles. The van der Waals surface area contributed by atoms with Crippen LogP contribution in [0.3, 0.4) is 0 Å². The molecule has 2 N–H and O–H groups in total. The molecule has 1 unspecified atom stereocenters. The lowest BCUT2D eigenvalue weighted by atomic mass is 9.96. The van der Waals surface area contributed by atoms with Gasteiger partial charge in [-0.3, -0.25) is 4.79 Å². The molecule has 0 bridgehead atoms. The first-order chi connectivity index (χ1) is 10.6. The third-order valence-electron chi connectivity index (χ3n) is 3.59. The molecule has 6 nitrogen and oxygen atoms in total. The van der Waals surface area contributed by atoms with E-state index < -0.39 is 5.60 Å². The van der Waals surface area contributed by atoms with Gasteiger partial charge in [0.15, 0.2) is 5.13 Å². The first kappa shape index (κ1) is 17.5. The Balaban J connectivity index is 2.11. The monoisotopic (exact) mass is 337 g/mol. The molecule has 126 valence electrons. The highest BCUT2D eigenvalue weighted by Crippen LogP contribution is 2.27. The summed E-state index contributed by atoms with van der Waals surface area (Å²) in [6.45, 7) is 7.19. The van der Waals surface area contributed by atoms with Crippen LogP contribution in [0.4, 0.5) is 5.13 Å². The van der Waals surface area contributed by atoms with Gasteiger partial charge in [0.2, 0.25) is 0 Å². The van der Waals surface area contributed by atoms with Gasteiger partial charge < -0.3 is 19.7 Å². The second-order valence-electron chi connectivity index (χ2n) is 6.09. The topological polar surface area (TPSA) is 78.6 Å². The number of thiazole rings is 1. The van der Waals surface area contributed by atoms with Crippen LogP contribution in [0.1, 0.15) is 39.4 Å². The zero-order chi connectivity index (χ0) is 17.4. The SMILES string of the molecule is Cc1cc(C(C)(O)CNC(=O)c2sc(N(C)C)nc2C)c(C)o1. The van der Waals surface area contributed by atoms with Crippen LogP contribution in [0.25, 0.3) is 0 Å². The first-order valence-electron chi connectivity index (χ1n) is 7.34. The van der Waals surface area contributed by atoms with Crippen molar-refractivity contribution in [2.45, 2.75) is 33.3 Å². The van der Waals surface area contributed by atoms with E-state index >= 15 is 0 Å². The Hall–Kier alpha value is -1.86. The molecule has 0 aliphatic carbocycles. The number of hydrogen-bond acceptors (Lipinski definition) is 6. The molecule has 2 aromatic rings. The van der Waals surface area contributed by atoms with Crippen LogP contribution in [0.5, 0.6) is 0 Å². The van der Waals surface area contributed by atoms with Gasteiger partial charge in [0.25, 0.3) is 5.91 Å². The van der Waals surface area contributed by atoms with Crippen molar-refractivity contribution in [1.82, 2.24) is 10.3 Å². The molecule has 0 saturated heterocycles. The number of amides is 1. The Morgan fingerprint density at radius 2 is 2.09 bits per heavy atom. The minimum Gasteiger partial charge on any atom is -0.466 e. The zero-order valence-electron chi connectivity index (χ0n) is 14.4. The molecule has 7 heteroatoms. The second kappa shape index (κ2) is 6.33. The number of furan rings is 1. The van der Waals surface area contributed by atoms with Gasteiger partial charge in [-0.1, -0.05) is 11.3 Å². The van der Waals surface area contributed by atoms with E-state index in [4.69, 9.17) is 4.42 Å². The molecule has 0 radical (unpaired) electrons. The average molecular weight is 337 g/mol. The van der Waals surface area contributed by atoms with Crippen molar-refractivity contribution in [2.24, 2.45) is 0 Å². The van der Waals surface area contributed by atoms with Gasteiger partial charge in [-0.15, -0.1) is 0 Å². The Kier molecular flexibility index (Phi) is 4.81. The van der Waals surface area contributed by atoms with Crippen molar-refractivity contribution in [1.29, 1.82) is 0 Å². The smallest absolute Gasteiger partial charge is 0.263 e. The number of nitrogens with one attached hydrogen (secondary N) is 1. The Morgan fingerprint density at radius 3 is 2.57 bits per heavy atom. The van der Waals surface area contributed by atoms with Crippen molar-refractivity contribution >= 4 is 22.4 Å². The average Bonchev–Trinajstić information content (AvgIpc) is 2.99. The number of hydrogen-bond donors (Lipinski definition) is 2. The highest BCUT2D eigenvalue weighted by Gasteiger charge is 2.29. The summed E-state index contributed by atoms with van der Waals surface area (Å²) in [5, 5.41) is 14.2. The lowest BCUT2D eigenvalue weighted by Crippen LogP contribution is -2.38. The molecule has 2 aromatic heterocycles. The molecule has 2 rings (SSSR count). The summed E-state index contributed by atoms with van der Waals surface area (Å²) >= 11 is 1.33. The number of rotatable bonds is 5. The number of carbonyl (C=O) groups excluding carboxylic acids is 1. The largest absolute Gasteiger partial charge is 0.466 e. The van der Waals surface area contributed by atoms with Crippen LogP contribution >= 0.6 is 11.3 Å². The van der Waals surface area contributed by atoms with Gasteiger partial charge in [0, 0.05) is 19.7 Å². The quantitative estimate of drug-likeness (QED) is 0.876. The van der Waals surface area contributed by atoms with E-state index in [2.05, 4.69) is 10.3 Å². The van der Waals surface area contributed by atoms with Gasteiger partial charge in [0.05, 0.1) is 12.2 Å². The summed E-state index contributed by atoms with van der Waals surface area (Å²) in [6, 6.07) is 1.80. The van der Waals surface area contributed by atoms with E-state index in [0.29, 0.717) is 21.9 Å². The van der Waals surface area contributed by atoms with E-state index in [1.165, 1.54) is 11.3 Å². The third kappa shape index (κ3) is 3.73. The predicted molar refractivity (Wildman–Crippen MR) is 91.3 cm³/mol. The molecular formula is C16H23N3O3S. The van der Waals surface area contributed by atoms with Gasteiger partial charge >= 0.3 is 0 Å². The fourth-order valence-corrected chi connectivity index (χ4v) is 3.28. The van der Waals surface area contributed by atoms with E-state index in [-0.39, 0.29) is 12.5 Å². The number of nitrogens with zero attached hydrogens (tertiary/aromatic N) is 2. The van der Waals surface area contributed by atoms with E-state index in [1.807, 2.05) is 25.9 Å². The molecule has 0 aliphatic rings. The molecule has 1 amide bonds. The van der Waals surface area contributed by atoms with Crippen molar-refractivity contribution < 1.29 is 14.3 Å². The van der Waals surface area contributed by atoms with Crippen molar-refractivity contribution in [3.05, 3.63) is 33.7 Å². The van der Waals surface area contributed by atoms with Crippen LogP contribution in [0, 0.1) is 20.8 Å². The lowest BCUT2D eigenvalue weighted by molar-refractivity contribution is 0.0515. The van der Waals surface area contributed by atoms with Crippen LogP contribution in [0.2, 0.25) is 0 Å². The maximum absolute atomic E-state index is 12.4. The Morgan fingerprint density at radius 1 is 1.43 bits per heavy atom. The summed E-state index contributed by atoms with van der Waals surface area (Å²) in [6.07, 6.45) is 0. The molecule has 0 aromatic carbocycles. The molecule has 0 saturated carbocycles. The first-order valence-corrected chi connectivity index (χ1v) is 8.16.